The van der Waals surface area contributed by atoms with Gasteiger partial charge >= 0.3 is 0 Å². The number of halogens is 1. The minimum absolute atomic E-state index is 0.142. The monoisotopic (exact) mass is 457 g/mol. The number of methoxy groups -OCH3 is 1. The molecule has 1 aliphatic rings. The van der Waals surface area contributed by atoms with Crippen molar-refractivity contribution in [2.75, 3.05) is 13.9 Å². The second-order valence-electron chi connectivity index (χ2n) is 7.67. The molecule has 3 aromatic rings. The van der Waals surface area contributed by atoms with Gasteiger partial charge in [0.05, 0.1) is 24.2 Å². The van der Waals surface area contributed by atoms with E-state index in [2.05, 4.69) is 21.0 Å². The maximum Gasteiger partial charge on any atom is 0.282 e. The topological polar surface area (TPSA) is 74.9 Å². The Balaban J connectivity index is 1.87. The van der Waals surface area contributed by atoms with Gasteiger partial charge < -0.3 is 14.2 Å². The maximum absolute atomic E-state index is 13.2. The molecule has 150 valence electrons. The second-order valence-corrected chi connectivity index (χ2v) is 8.58. The molecule has 0 amide bonds. The third kappa shape index (κ3) is 3.60. The SMILES string of the molecule is COc1cc(C=Nn2c(C(C)(C)C)nc3ccc(Br)cc3c2=O)cc2c1OCO2. The first-order valence-corrected chi connectivity index (χ1v) is 9.82. The van der Waals surface area contributed by atoms with Gasteiger partial charge in [0.25, 0.3) is 5.56 Å². The molecule has 29 heavy (non-hydrogen) atoms. The van der Waals surface area contributed by atoms with E-state index in [9.17, 15) is 4.79 Å². The minimum atomic E-state index is -0.385. The highest BCUT2D eigenvalue weighted by Crippen LogP contribution is 2.41. The first kappa shape index (κ1) is 19.4. The highest BCUT2D eigenvalue weighted by Gasteiger charge is 2.23. The van der Waals surface area contributed by atoms with Crippen molar-refractivity contribution in [3.8, 4) is 17.2 Å². The molecular weight excluding hydrogens is 438 g/mol. The summed E-state index contributed by atoms with van der Waals surface area (Å²) in [5.74, 6) is 2.26. The number of benzene rings is 2. The number of hydrogen-bond acceptors (Lipinski definition) is 6. The lowest BCUT2D eigenvalue weighted by atomic mass is 9.95. The Kier molecular flexibility index (Phi) is 4.82. The van der Waals surface area contributed by atoms with Crippen LogP contribution in [0.2, 0.25) is 0 Å². The van der Waals surface area contributed by atoms with Crippen LogP contribution in [0.3, 0.4) is 0 Å². The molecule has 2 aromatic carbocycles. The van der Waals surface area contributed by atoms with Crippen LogP contribution in [0.15, 0.2) is 44.7 Å². The molecule has 0 spiro atoms. The smallest absolute Gasteiger partial charge is 0.282 e. The van der Waals surface area contributed by atoms with Crippen LogP contribution in [0.4, 0.5) is 0 Å². The van der Waals surface area contributed by atoms with Crippen molar-refractivity contribution in [3.05, 3.63) is 56.5 Å². The molecule has 0 bridgehead atoms. The van der Waals surface area contributed by atoms with E-state index >= 15 is 0 Å². The highest BCUT2D eigenvalue weighted by molar-refractivity contribution is 9.10. The van der Waals surface area contributed by atoms with E-state index in [0.717, 1.165) is 4.47 Å². The van der Waals surface area contributed by atoms with Gasteiger partial charge in [0.1, 0.15) is 5.82 Å². The third-order valence-corrected chi connectivity index (χ3v) is 4.98. The standard InChI is InChI=1S/C21H20BrN3O4/c1-21(2,3)20-24-15-6-5-13(22)9-14(15)19(26)25(20)23-10-12-7-16(27-4)18-17(8-12)28-11-29-18/h5-10H,11H2,1-4H3. The van der Waals surface area contributed by atoms with Crippen LogP contribution >= 0.6 is 15.9 Å². The quantitative estimate of drug-likeness (QED) is 0.553. The molecule has 0 aliphatic carbocycles. The van der Waals surface area contributed by atoms with E-state index in [1.807, 2.05) is 32.9 Å². The Bertz CT molecular complexity index is 1200. The Labute approximate surface area is 176 Å². The number of hydrogen-bond donors (Lipinski definition) is 0. The molecule has 0 N–H and O–H groups in total. The van der Waals surface area contributed by atoms with Crippen LogP contribution in [-0.2, 0) is 5.41 Å². The zero-order chi connectivity index (χ0) is 20.8. The predicted molar refractivity (Wildman–Crippen MR) is 115 cm³/mol. The van der Waals surface area contributed by atoms with Gasteiger partial charge in [-0.05, 0) is 30.3 Å². The Morgan fingerprint density at radius 1 is 1.24 bits per heavy atom. The summed E-state index contributed by atoms with van der Waals surface area (Å²) in [6.07, 6.45) is 1.59. The van der Waals surface area contributed by atoms with Crippen molar-refractivity contribution < 1.29 is 14.2 Å². The molecule has 0 saturated heterocycles. The minimum Gasteiger partial charge on any atom is -0.493 e. The van der Waals surface area contributed by atoms with E-state index in [1.54, 1.807) is 31.5 Å². The van der Waals surface area contributed by atoms with Crippen LogP contribution in [-0.4, -0.2) is 29.8 Å². The van der Waals surface area contributed by atoms with Gasteiger partial charge in [0.15, 0.2) is 11.5 Å². The molecule has 0 radical (unpaired) electrons. The lowest BCUT2D eigenvalue weighted by Gasteiger charge is -2.20. The summed E-state index contributed by atoms with van der Waals surface area (Å²) in [6.45, 7) is 6.13. The largest absolute Gasteiger partial charge is 0.493 e. The van der Waals surface area contributed by atoms with Gasteiger partial charge in [-0.25, -0.2) is 4.98 Å². The van der Waals surface area contributed by atoms with Crippen molar-refractivity contribution in [1.29, 1.82) is 0 Å². The zero-order valence-electron chi connectivity index (χ0n) is 16.5. The van der Waals surface area contributed by atoms with Gasteiger partial charge in [-0.15, -0.1) is 0 Å². The lowest BCUT2D eigenvalue weighted by molar-refractivity contribution is 0.171. The average molecular weight is 458 g/mol. The lowest BCUT2D eigenvalue weighted by Crippen LogP contribution is -2.29. The molecule has 7 nitrogen and oxygen atoms in total. The summed E-state index contributed by atoms with van der Waals surface area (Å²) in [5, 5.41) is 4.97. The highest BCUT2D eigenvalue weighted by atomic mass is 79.9. The van der Waals surface area contributed by atoms with Gasteiger partial charge in [-0.2, -0.15) is 9.78 Å². The molecular formula is C21H20BrN3O4. The van der Waals surface area contributed by atoms with Crippen LogP contribution in [0.5, 0.6) is 17.2 Å². The summed E-state index contributed by atoms with van der Waals surface area (Å²) < 4.78 is 18.4. The fourth-order valence-electron chi connectivity index (χ4n) is 3.09. The fraction of sp³-hybridized carbons (Fsp3) is 0.286. The summed E-state index contributed by atoms with van der Waals surface area (Å²) in [5.41, 5.74) is 0.737. The molecule has 4 rings (SSSR count). The van der Waals surface area contributed by atoms with E-state index in [0.29, 0.717) is 39.5 Å². The zero-order valence-corrected chi connectivity index (χ0v) is 18.1. The van der Waals surface area contributed by atoms with Crippen LogP contribution in [0, 0.1) is 0 Å². The van der Waals surface area contributed by atoms with Gasteiger partial charge in [-0.3, -0.25) is 4.79 Å². The number of ether oxygens (including phenoxy) is 3. The number of fused-ring (bicyclic) bond motifs is 2. The number of aromatic nitrogens is 2. The Morgan fingerprint density at radius 3 is 2.76 bits per heavy atom. The van der Waals surface area contributed by atoms with E-state index in [4.69, 9.17) is 19.2 Å². The van der Waals surface area contributed by atoms with Gasteiger partial charge in [-0.1, -0.05) is 36.7 Å². The van der Waals surface area contributed by atoms with Crippen LogP contribution in [0.1, 0.15) is 32.2 Å². The fourth-order valence-corrected chi connectivity index (χ4v) is 3.45. The van der Waals surface area contributed by atoms with Crippen molar-refractivity contribution in [1.82, 2.24) is 9.66 Å². The van der Waals surface area contributed by atoms with Crippen LogP contribution < -0.4 is 19.8 Å². The molecule has 1 aromatic heterocycles. The Hall–Kier alpha value is -2.87. The maximum atomic E-state index is 13.2. The van der Waals surface area contributed by atoms with Crippen molar-refractivity contribution in [2.24, 2.45) is 5.10 Å². The average Bonchev–Trinajstić information content (AvgIpc) is 3.14. The molecule has 0 saturated carbocycles. The first-order valence-electron chi connectivity index (χ1n) is 9.03. The van der Waals surface area contributed by atoms with Gasteiger partial charge in [0, 0.05) is 15.5 Å². The first-order chi connectivity index (χ1) is 13.8. The number of nitrogens with zero attached hydrogens (tertiary/aromatic N) is 3. The Morgan fingerprint density at radius 2 is 2.03 bits per heavy atom. The van der Waals surface area contributed by atoms with Crippen molar-refractivity contribution in [2.45, 2.75) is 26.2 Å². The predicted octanol–water partition coefficient (Wildman–Crippen LogP) is 4.08. The molecule has 0 unspecified atom stereocenters. The number of rotatable bonds is 3. The van der Waals surface area contributed by atoms with E-state index in [-0.39, 0.29) is 17.8 Å². The molecule has 0 fully saturated rings. The molecule has 0 atom stereocenters. The van der Waals surface area contributed by atoms with Gasteiger partial charge in [0.2, 0.25) is 12.5 Å². The van der Waals surface area contributed by atoms with E-state index < -0.39 is 0 Å². The van der Waals surface area contributed by atoms with Crippen LogP contribution in [0.25, 0.3) is 10.9 Å². The summed E-state index contributed by atoms with van der Waals surface area (Å²) in [4.78, 5) is 17.9. The van der Waals surface area contributed by atoms with Crippen molar-refractivity contribution >= 4 is 33.0 Å². The third-order valence-electron chi connectivity index (χ3n) is 4.48. The second kappa shape index (κ2) is 7.18. The normalized spacial score (nSPS) is 13.4. The summed E-state index contributed by atoms with van der Waals surface area (Å²) >= 11 is 3.42. The summed E-state index contributed by atoms with van der Waals surface area (Å²) in [6, 6.07) is 9.03. The molecule has 2 heterocycles. The molecule has 1 aliphatic heterocycles. The van der Waals surface area contributed by atoms with E-state index in [1.165, 1.54) is 4.68 Å². The molecule has 8 heteroatoms. The summed E-state index contributed by atoms with van der Waals surface area (Å²) in [7, 11) is 1.56. The van der Waals surface area contributed by atoms with Crippen molar-refractivity contribution in [3.63, 3.8) is 0 Å².